The van der Waals surface area contributed by atoms with Crippen molar-refractivity contribution >= 4 is 11.9 Å². The Morgan fingerprint density at radius 3 is 2.69 bits per heavy atom. The highest BCUT2D eigenvalue weighted by atomic mass is 16.2. The molecule has 2 N–H and O–H groups in total. The summed E-state index contributed by atoms with van der Waals surface area (Å²) < 4.78 is 0. The molecule has 0 saturated carbocycles. The number of pyridine rings is 1. The molecule has 1 aliphatic rings. The van der Waals surface area contributed by atoms with Gasteiger partial charge in [-0.2, -0.15) is 0 Å². The minimum Gasteiger partial charge on any atom is -0.341 e. The van der Waals surface area contributed by atoms with Crippen LogP contribution in [0.1, 0.15) is 46.1 Å². The van der Waals surface area contributed by atoms with Gasteiger partial charge in [-0.3, -0.25) is 9.78 Å². The summed E-state index contributed by atoms with van der Waals surface area (Å²) in [7, 11) is 1.86. The van der Waals surface area contributed by atoms with Crippen LogP contribution in [0.25, 0.3) is 0 Å². The molecule has 6 heteroatoms. The summed E-state index contributed by atoms with van der Waals surface area (Å²) in [5, 5.41) is 5.77. The Bertz CT molecular complexity index is 702. The Morgan fingerprint density at radius 1 is 1.31 bits per heavy atom. The van der Waals surface area contributed by atoms with E-state index in [1.807, 2.05) is 26.1 Å². The molecule has 0 aliphatic heterocycles. The minimum absolute atomic E-state index is 0.115. The molecule has 3 atom stereocenters. The molecule has 1 aliphatic carbocycles. The smallest absolute Gasteiger partial charge is 0.314 e. The topological polar surface area (TPSA) is 74.3 Å². The van der Waals surface area contributed by atoms with Crippen LogP contribution >= 0.6 is 0 Å². The van der Waals surface area contributed by atoms with Crippen molar-refractivity contribution in [1.82, 2.24) is 20.5 Å². The number of rotatable bonds is 8. The summed E-state index contributed by atoms with van der Waals surface area (Å²) in [6.07, 6.45) is 7.33. The number of aromatic nitrogens is 1. The van der Waals surface area contributed by atoms with Gasteiger partial charge in [-0.15, -0.1) is 0 Å². The molecule has 1 heterocycles. The fourth-order valence-electron chi connectivity index (χ4n) is 4.16. The van der Waals surface area contributed by atoms with E-state index in [1.54, 1.807) is 17.3 Å². The molecule has 0 aromatic carbocycles. The van der Waals surface area contributed by atoms with Crippen molar-refractivity contribution in [2.24, 2.45) is 23.7 Å². The molecule has 1 aromatic rings. The molecule has 0 saturated heterocycles. The lowest BCUT2D eigenvalue weighted by Crippen LogP contribution is -2.41. The predicted molar refractivity (Wildman–Crippen MR) is 116 cm³/mol. The summed E-state index contributed by atoms with van der Waals surface area (Å²) >= 11 is 0. The van der Waals surface area contributed by atoms with Crippen molar-refractivity contribution in [3.63, 3.8) is 0 Å². The highest BCUT2D eigenvalue weighted by Gasteiger charge is 2.33. The Hall–Kier alpha value is -2.37. The van der Waals surface area contributed by atoms with Crippen molar-refractivity contribution in [3.05, 3.63) is 41.7 Å². The lowest BCUT2D eigenvalue weighted by atomic mass is 9.69. The molecule has 29 heavy (non-hydrogen) atoms. The zero-order chi connectivity index (χ0) is 21.4. The number of hydrogen-bond donors (Lipinski definition) is 2. The largest absolute Gasteiger partial charge is 0.341 e. The van der Waals surface area contributed by atoms with Gasteiger partial charge in [-0.1, -0.05) is 31.6 Å². The standard InChI is InChI=1S/C23H36N4O2/c1-6-25-23(29)26-14-20-10-17(4)19(11-21(20)16(2)3)12-22(28)27(5)15-18-8-7-9-24-13-18/h7-10,13,16,19-21H,6,11-12,14-15H2,1-5H3,(H2,25,26,29). The van der Waals surface area contributed by atoms with Crippen LogP contribution in [0.2, 0.25) is 0 Å². The lowest BCUT2D eigenvalue weighted by molar-refractivity contribution is -0.131. The van der Waals surface area contributed by atoms with Gasteiger partial charge in [0, 0.05) is 45.5 Å². The summed E-state index contributed by atoms with van der Waals surface area (Å²) in [6.45, 7) is 10.3. The molecule has 3 unspecified atom stereocenters. The fraction of sp³-hybridized carbons (Fsp3) is 0.609. The van der Waals surface area contributed by atoms with Crippen LogP contribution in [0.5, 0.6) is 0 Å². The Morgan fingerprint density at radius 2 is 2.07 bits per heavy atom. The zero-order valence-electron chi connectivity index (χ0n) is 18.4. The second-order valence-electron chi connectivity index (χ2n) is 8.47. The second kappa shape index (κ2) is 11.0. The average Bonchev–Trinajstić information content (AvgIpc) is 2.68. The maximum atomic E-state index is 12.8. The highest BCUT2D eigenvalue weighted by Crippen LogP contribution is 2.39. The van der Waals surface area contributed by atoms with E-state index in [0.29, 0.717) is 43.8 Å². The normalized spacial score (nSPS) is 21.4. The number of nitrogens with zero attached hydrogens (tertiary/aromatic N) is 2. The Balaban J connectivity index is 1.99. The van der Waals surface area contributed by atoms with Crippen LogP contribution in [0.15, 0.2) is 36.2 Å². The summed E-state index contributed by atoms with van der Waals surface area (Å²) in [4.78, 5) is 30.5. The zero-order valence-corrected chi connectivity index (χ0v) is 18.4. The van der Waals surface area contributed by atoms with Crippen LogP contribution in [-0.2, 0) is 11.3 Å². The molecule has 6 nitrogen and oxygen atoms in total. The van der Waals surface area contributed by atoms with E-state index in [-0.39, 0.29) is 17.9 Å². The third-order valence-electron chi connectivity index (χ3n) is 5.91. The number of hydrogen-bond acceptors (Lipinski definition) is 3. The van der Waals surface area contributed by atoms with Crippen LogP contribution in [-0.4, -0.2) is 42.0 Å². The van der Waals surface area contributed by atoms with Crippen molar-refractivity contribution in [2.45, 2.75) is 47.1 Å². The SMILES string of the molecule is CCNC(=O)NCC1C=C(C)C(CC(=O)N(C)Cc2cccnc2)CC1C(C)C. The summed E-state index contributed by atoms with van der Waals surface area (Å²) in [6, 6.07) is 3.77. The first-order valence-electron chi connectivity index (χ1n) is 10.6. The van der Waals surface area contributed by atoms with E-state index in [4.69, 9.17) is 0 Å². The minimum atomic E-state index is -0.115. The fourth-order valence-corrected chi connectivity index (χ4v) is 4.16. The van der Waals surface area contributed by atoms with Gasteiger partial charge in [-0.25, -0.2) is 4.79 Å². The number of allylic oxidation sites excluding steroid dienone is 1. The van der Waals surface area contributed by atoms with E-state index in [9.17, 15) is 9.59 Å². The monoisotopic (exact) mass is 400 g/mol. The van der Waals surface area contributed by atoms with Crippen molar-refractivity contribution in [2.75, 3.05) is 20.1 Å². The molecule has 2 rings (SSSR count). The number of amides is 3. The molecular weight excluding hydrogens is 364 g/mol. The first kappa shape index (κ1) is 22.9. The maximum Gasteiger partial charge on any atom is 0.314 e. The van der Waals surface area contributed by atoms with Crippen LogP contribution in [0.3, 0.4) is 0 Å². The molecule has 0 fully saturated rings. The van der Waals surface area contributed by atoms with E-state index >= 15 is 0 Å². The first-order valence-corrected chi connectivity index (χ1v) is 10.6. The number of urea groups is 1. The van der Waals surface area contributed by atoms with Crippen LogP contribution in [0, 0.1) is 23.7 Å². The maximum absolute atomic E-state index is 12.8. The molecule has 3 amide bonds. The van der Waals surface area contributed by atoms with E-state index in [1.165, 1.54) is 5.57 Å². The summed E-state index contributed by atoms with van der Waals surface area (Å²) in [5.74, 6) is 1.66. The third kappa shape index (κ3) is 6.87. The highest BCUT2D eigenvalue weighted by molar-refractivity contribution is 5.76. The van der Waals surface area contributed by atoms with Gasteiger partial charge in [0.25, 0.3) is 0 Å². The van der Waals surface area contributed by atoms with Crippen LogP contribution < -0.4 is 10.6 Å². The molecular formula is C23H36N4O2. The van der Waals surface area contributed by atoms with Gasteiger partial charge in [0.1, 0.15) is 0 Å². The molecule has 0 bridgehead atoms. The molecule has 0 radical (unpaired) electrons. The van der Waals surface area contributed by atoms with Gasteiger partial charge < -0.3 is 15.5 Å². The predicted octanol–water partition coefficient (Wildman–Crippen LogP) is 3.60. The van der Waals surface area contributed by atoms with Crippen molar-refractivity contribution in [3.8, 4) is 0 Å². The molecule has 1 aromatic heterocycles. The van der Waals surface area contributed by atoms with Gasteiger partial charge >= 0.3 is 6.03 Å². The molecule has 0 spiro atoms. The molecule has 160 valence electrons. The average molecular weight is 401 g/mol. The van der Waals surface area contributed by atoms with E-state index in [2.05, 4.69) is 42.5 Å². The third-order valence-corrected chi connectivity index (χ3v) is 5.91. The van der Waals surface area contributed by atoms with E-state index < -0.39 is 0 Å². The van der Waals surface area contributed by atoms with Crippen molar-refractivity contribution < 1.29 is 9.59 Å². The Kier molecular flexibility index (Phi) is 8.68. The van der Waals surface area contributed by atoms with Gasteiger partial charge in [0.15, 0.2) is 0 Å². The van der Waals surface area contributed by atoms with Gasteiger partial charge in [0.05, 0.1) is 0 Å². The lowest BCUT2D eigenvalue weighted by Gasteiger charge is -2.37. The quantitative estimate of drug-likeness (QED) is 0.655. The number of nitrogens with one attached hydrogen (secondary N) is 2. The number of carbonyl (C=O) groups excluding carboxylic acids is 2. The number of carbonyl (C=O) groups is 2. The Labute approximate surface area is 175 Å². The van der Waals surface area contributed by atoms with Crippen LogP contribution in [0.4, 0.5) is 4.79 Å². The van der Waals surface area contributed by atoms with E-state index in [0.717, 1.165) is 12.0 Å². The summed E-state index contributed by atoms with van der Waals surface area (Å²) in [5.41, 5.74) is 2.29. The van der Waals surface area contributed by atoms with Crippen molar-refractivity contribution in [1.29, 1.82) is 0 Å². The first-order chi connectivity index (χ1) is 13.8. The van der Waals surface area contributed by atoms with Gasteiger partial charge in [0.2, 0.25) is 5.91 Å². The van der Waals surface area contributed by atoms with Gasteiger partial charge in [-0.05, 0) is 55.6 Å². The second-order valence-corrected chi connectivity index (χ2v) is 8.47.